The van der Waals surface area contributed by atoms with Gasteiger partial charge in [-0.25, -0.2) is 0 Å². The smallest absolute Gasteiger partial charge is 0.191 e. The van der Waals surface area contributed by atoms with Crippen molar-refractivity contribution in [2.45, 2.75) is 65.6 Å². The van der Waals surface area contributed by atoms with Gasteiger partial charge in [-0.1, -0.05) is 33.6 Å². The van der Waals surface area contributed by atoms with Crippen LogP contribution in [0.2, 0.25) is 0 Å². The normalized spacial score (nSPS) is 24.2. The zero-order chi connectivity index (χ0) is 18.3. The lowest BCUT2D eigenvalue weighted by Gasteiger charge is -2.32. The van der Waals surface area contributed by atoms with Gasteiger partial charge in [-0.05, 0) is 39.8 Å². The summed E-state index contributed by atoms with van der Waals surface area (Å²) in [6.07, 6.45) is 2.44. The molecule has 5 nitrogen and oxygen atoms in total. The Kier molecular flexibility index (Phi) is 9.06. The standard InChI is InChI=1S/C19H41N5/c1-9-16(10-2)18(23(7)8)11-21-19(20-6)22-17-13-24(14(3)4)12-15(17)5/h14-18H,9-13H2,1-8H3,(H2,20,21,22). The zero-order valence-electron chi connectivity index (χ0n) is 17.3. The first kappa shape index (κ1) is 21.2. The molecule has 0 aromatic heterocycles. The van der Waals surface area contributed by atoms with Gasteiger partial charge in [-0.2, -0.15) is 0 Å². The summed E-state index contributed by atoms with van der Waals surface area (Å²) in [6, 6.07) is 1.62. The molecule has 1 saturated heterocycles. The maximum atomic E-state index is 4.46. The van der Waals surface area contributed by atoms with Crippen LogP contribution in [0.1, 0.15) is 47.5 Å². The second kappa shape index (κ2) is 10.2. The number of aliphatic imine (C=N–C) groups is 1. The summed E-state index contributed by atoms with van der Waals surface area (Å²) in [5, 5.41) is 7.22. The molecule has 0 amide bonds. The Balaban J connectivity index is 2.58. The Morgan fingerprint density at radius 3 is 2.25 bits per heavy atom. The predicted molar refractivity (Wildman–Crippen MR) is 106 cm³/mol. The molecule has 3 unspecified atom stereocenters. The number of hydrogen-bond acceptors (Lipinski definition) is 3. The van der Waals surface area contributed by atoms with Gasteiger partial charge < -0.3 is 15.5 Å². The average Bonchev–Trinajstić information content (AvgIpc) is 2.90. The molecule has 1 rings (SSSR count). The number of nitrogens with zero attached hydrogens (tertiary/aromatic N) is 3. The fourth-order valence-electron chi connectivity index (χ4n) is 3.79. The first-order valence-electron chi connectivity index (χ1n) is 9.71. The van der Waals surface area contributed by atoms with Gasteiger partial charge in [0.15, 0.2) is 5.96 Å². The quantitative estimate of drug-likeness (QED) is 0.526. The Morgan fingerprint density at radius 1 is 1.21 bits per heavy atom. The summed E-state index contributed by atoms with van der Waals surface area (Å²) in [7, 11) is 6.23. The number of rotatable bonds is 8. The summed E-state index contributed by atoms with van der Waals surface area (Å²) in [4.78, 5) is 9.34. The summed E-state index contributed by atoms with van der Waals surface area (Å²) in [6.45, 7) is 14.7. The molecule has 142 valence electrons. The summed E-state index contributed by atoms with van der Waals surface area (Å²) in [5.74, 6) is 2.30. The van der Waals surface area contributed by atoms with E-state index in [2.05, 4.69) is 74.1 Å². The molecule has 0 radical (unpaired) electrons. The molecule has 0 bridgehead atoms. The van der Waals surface area contributed by atoms with Crippen molar-refractivity contribution >= 4 is 5.96 Å². The molecule has 0 aromatic rings. The molecule has 1 aliphatic rings. The van der Waals surface area contributed by atoms with E-state index in [1.165, 1.54) is 19.4 Å². The molecule has 0 saturated carbocycles. The SMILES string of the molecule is CCC(CC)C(CNC(=NC)NC1CN(C(C)C)CC1C)N(C)C. The summed E-state index contributed by atoms with van der Waals surface area (Å²) >= 11 is 0. The molecule has 24 heavy (non-hydrogen) atoms. The number of guanidine groups is 1. The van der Waals surface area contributed by atoms with E-state index in [-0.39, 0.29) is 0 Å². The van der Waals surface area contributed by atoms with Gasteiger partial charge in [-0.15, -0.1) is 0 Å². The third-order valence-corrected chi connectivity index (χ3v) is 5.65. The van der Waals surface area contributed by atoms with Crippen LogP contribution in [0.15, 0.2) is 4.99 Å². The summed E-state index contributed by atoms with van der Waals surface area (Å²) < 4.78 is 0. The van der Waals surface area contributed by atoms with Crippen LogP contribution in [0, 0.1) is 11.8 Å². The van der Waals surface area contributed by atoms with Crippen molar-refractivity contribution in [3.8, 4) is 0 Å². The van der Waals surface area contributed by atoms with Gasteiger partial charge in [0.25, 0.3) is 0 Å². The van der Waals surface area contributed by atoms with Gasteiger partial charge >= 0.3 is 0 Å². The van der Waals surface area contributed by atoms with Crippen LogP contribution in [0.3, 0.4) is 0 Å². The highest BCUT2D eigenvalue weighted by molar-refractivity contribution is 5.80. The lowest BCUT2D eigenvalue weighted by Crippen LogP contribution is -2.51. The van der Waals surface area contributed by atoms with E-state index < -0.39 is 0 Å². The van der Waals surface area contributed by atoms with Crippen molar-refractivity contribution in [2.75, 3.05) is 40.8 Å². The van der Waals surface area contributed by atoms with E-state index in [1.54, 1.807) is 0 Å². The van der Waals surface area contributed by atoms with E-state index in [4.69, 9.17) is 0 Å². The van der Waals surface area contributed by atoms with Gasteiger partial charge in [0.2, 0.25) is 0 Å². The fraction of sp³-hybridized carbons (Fsp3) is 0.947. The highest BCUT2D eigenvalue weighted by atomic mass is 15.3. The van der Waals surface area contributed by atoms with Crippen molar-refractivity contribution in [3.05, 3.63) is 0 Å². The number of nitrogens with one attached hydrogen (secondary N) is 2. The third kappa shape index (κ3) is 5.92. The minimum absolute atomic E-state index is 0.476. The molecule has 0 aliphatic carbocycles. The van der Waals surface area contributed by atoms with Crippen LogP contribution in [0.4, 0.5) is 0 Å². The molecular formula is C19H41N5. The molecule has 2 N–H and O–H groups in total. The average molecular weight is 340 g/mol. The van der Waals surface area contributed by atoms with E-state index in [0.717, 1.165) is 19.0 Å². The first-order valence-corrected chi connectivity index (χ1v) is 9.71. The van der Waals surface area contributed by atoms with Crippen molar-refractivity contribution in [1.29, 1.82) is 0 Å². The lowest BCUT2D eigenvalue weighted by molar-refractivity contribution is 0.200. The second-order valence-corrected chi connectivity index (χ2v) is 7.84. The van der Waals surface area contributed by atoms with Gasteiger partial charge in [0, 0.05) is 44.8 Å². The molecule has 1 aliphatic heterocycles. The largest absolute Gasteiger partial charge is 0.355 e. The van der Waals surface area contributed by atoms with Crippen molar-refractivity contribution in [3.63, 3.8) is 0 Å². The number of likely N-dealkylation sites (tertiary alicyclic amines) is 1. The highest BCUT2D eigenvalue weighted by Gasteiger charge is 2.31. The van der Waals surface area contributed by atoms with Crippen LogP contribution >= 0.6 is 0 Å². The predicted octanol–water partition coefficient (Wildman–Crippen LogP) is 2.25. The topological polar surface area (TPSA) is 42.9 Å². The van der Waals surface area contributed by atoms with Crippen molar-refractivity contribution < 1.29 is 0 Å². The lowest BCUT2D eigenvalue weighted by atomic mass is 9.93. The van der Waals surface area contributed by atoms with E-state index in [9.17, 15) is 0 Å². The van der Waals surface area contributed by atoms with Gasteiger partial charge in [0.1, 0.15) is 0 Å². The molecular weight excluding hydrogens is 298 g/mol. The van der Waals surface area contributed by atoms with E-state index in [1.807, 2.05) is 7.05 Å². The highest BCUT2D eigenvalue weighted by Crippen LogP contribution is 2.19. The van der Waals surface area contributed by atoms with E-state index in [0.29, 0.717) is 30.0 Å². The first-order chi connectivity index (χ1) is 11.3. The molecule has 1 heterocycles. The number of hydrogen-bond donors (Lipinski definition) is 2. The third-order valence-electron chi connectivity index (χ3n) is 5.65. The second-order valence-electron chi connectivity index (χ2n) is 7.84. The molecule has 5 heteroatoms. The molecule has 0 aromatic carbocycles. The van der Waals surface area contributed by atoms with Crippen molar-refractivity contribution in [2.24, 2.45) is 16.8 Å². The van der Waals surface area contributed by atoms with E-state index >= 15 is 0 Å². The number of likely N-dealkylation sites (N-methyl/N-ethyl adjacent to an activating group) is 1. The molecule has 1 fully saturated rings. The van der Waals surface area contributed by atoms with Gasteiger partial charge in [0.05, 0.1) is 0 Å². The Morgan fingerprint density at radius 2 is 1.83 bits per heavy atom. The molecule has 3 atom stereocenters. The van der Waals surface area contributed by atoms with Crippen LogP contribution in [0.5, 0.6) is 0 Å². The maximum absolute atomic E-state index is 4.46. The fourth-order valence-corrected chi connectivity index (χ4v) is 3.79. The minimum Gasteiger partial charge on any atom is -0.355 e. The monoisotopic (exact) mass is 339 g/mol. The van der Waals surface area contributed by atoms with Gasteiger partial charge in [-0.3, -0.25) is 9.89 Å². The van der Waals surface area contributed by atoms with Crippen LogP contribution < -0.4 is 10.6 Å². The van der Waals surface area contributed by atoms with Crippen molar-refractivity contribution in [1.82, 2.24) is 20.4 Å². The van der Waals surface area contributed by atoms with Crippen LogP contribution in [-0.2, 0) is 0 Å². The zero-order valence-corrected chi connectivity index (χ0v) is 17.3. The minimum atomic E-state index is 0.476. The Hall–Kier alpha value is -0.810. The Labute approximate surface area is 150 Å². The van der Waals surface area contributed by atoms with Crippen LogP contribution in [0.25, 0.3) is 0 Å². The Bertz CT molecular complexity index is 376. The van der Waals surface area contributed by atoms with Crippen LogP contribution in [-0.4, -0.2) is 74.7 Å². The molecule has 0 spiro atoms. The maximum Gasteiger partial charge on any atom is 0.191 e. The summed E-state index contributed by atoms with van der Waals surface area (Å²) in [5.41, 5.74) is 0.